The first kappa shape index (κ1) is 7.55. The molecule has 0 radical (unpaired) electrons. The average molecular weight is 186 g/mol. The van der Waals surface area contributed by atoms with E-state index in [1.54, 1.807) is 17.3 Å². The lowest BCUT2D eigenvalue weighted by Crippen LogP contribution is -1.95. The fourth-order valence-corrected chi connectivity index (χ4v) is 1.76. The van der Waals surface area contributed by atoms with E-state index in [1.807, 2.05) is 0 Å². The quantitative estimate of drug-likeness (QED) is 0.728. The molecule has 1 aliphatic rings. The zero-order valence-electron chi connectivity index (χ0n) is 7.64. The molecule has 1 aromatic heterocycles. The summed E-state index contributed by atoms with van der Waals surface area (Å²) >= 11 is 0. The number of anilines is 1. The molecule has 0 fully saturated rings. The average Bonchev–Trinajstić information content (AvgIpc) is 2.88. The summed E-state index contributed by atoms with van der Waals surface area (Å²) < 4.78 is 1.76. The SMILES string of the molecule is c1ncn(-c2ccc3c(c2)NCC3)n1. The Hall–Kier alpha value is -1.84. The van der Waals surface area contributed by atoms with Crippen molar-refractivity contribution in [2.75, 3.05) is 11.9 Å². The van der Waals surface area contributed by atoms with E-state index < -0.39 is 0 Å². The maximum atomic E-state index is 4.09. The Morgan fingerprint density at radius 2 is 2.36 bits per heavy atom. The van der Waals surface area contributed by atoms with Crippen LogP contribution in [0.15, 0.2) is 30.9 Å². The minimum absolute atomic E-state index is 1.04. The Labute approximate surface area is 81.6 Å². The summed E-state index contributed by atoms with van der Waals surface area (Å²) in [7, 11) is 0. The molecule has 4 heteroatoms. The molecule has 0 saturated heterocycles. The highest BCUT2D eigenvalue weighted by Crippen LogP contribution is 2.24. The highest BCUT2D eigenvalue weighted by Gasteiger charge is 2.10. The number of fused-ring (bicyclic) bond motifs is 1. The molecule has 14 heavy (non-hydrogen) atoms. The van der Waals surface area contributed by atoms with Gasteiger partial charge in [-0.1, -0.05) is 6.07 Å². The van der Waals surface area contributed by atoms with Crippen LogP contribution in [0.25, 0.3) is 5.69 Å². The van der Waals surface area contributed by atoms with Crippen molar-refractivity contribution >= 4 is 5.69 Å². The van der Waals surface area contributed by atoms with E-state index >= 15 is 0 Å². The molecular weight excluding hydrogens is 176 g/mol. The number of hydrogen-bond acceptors (Lipinski definition) is 3. The van der Waals surface area contributed by atoms with Crippen LogP contribution in [0.4, 0.5) is 5.69 Å². The van der Waals surface area contributed by atoms with Crippen LogP contribution in [0.2, 0.25) is 0 Å². The standard InChI is InChI=1S/C10H10N4/c1-2-9(14-7-11-6-13-14)5-10-8(1)3-4-12-10/h1-2,5-7,12H,3-4H2. The number of nitrogens with one attached hydrogen (secondary N) is 1. The van der Waals surface area contributed by atoms with Crippen LogP contribution in [0, 0.1) is 0 Å². The largest absolute Gasteiger partial charge is 0.384 e. The van der Waals surface area contributed by atoms with Crippen molar-refractivity contribution in [3.05, 3.63) is 36.4 Å². The molecule has 0 amide bonds. The van der Waals surface area contributed by atoms with Gasteiger partial charge in [-0.15, -0.1) is 0 Å². The number of aromatic nitrogens is 3. The Morgan fingerprint density at radius 3 is 3.21 bits per heavy atom. The fourth-order valence-electron chi connectivity index (χ4n) is 1.76. The summed E-state index contributed by atoms with van der Waals surface area (Å²) in [6.45, 7) is 1.04. The van der Waals surface area contributed by atoms with Crippen LogP contribution < -0.4 is 5.32 Å². The first-order chi connectivity index (χ1) is 6.93. The molecule has 1 aromatic carbocycles. The topological polar surface area (TPSA) is 42.7 Å². The molecule has 0 unspecified atom stereocenters. The molecular formula is C10H10N4. The van der Waals surface area contributed by atoms with E-state index in [1.165, 1.54) is 11.3 Å². The molecule has 2 heterocycles. The van der Waals surface area contributed by atoms with Gasteiger partial charge < -0.3 is 5.32 Å². The molecule has 1 N–H and O–H groups in total. The van der Waals surface area contributed by atoms with Gasteiger partial charge in [-0.2, -0.15) is 5.10 Å². The molecule has 0 atom stereocenters. The van der Waals surface area contributed by atoms with E-state index in [4.69, 9.17) is 0 Å². The molecule has 0 spiro atoms. The second kappa shape index (κ2) is 2.83. The Bertz CT molecular complexity index is 447. The lowest BCUT2D eigenvalue weighted by molar-refractivity contribution is 0.879. The third kappa shape index (κ3) is 1.08. The Balaban J connectivity index is 2.09. The number of rotatable bonds is 1. The van der Waals surface area contributed by atoms with Crippen LogP contribution in [-0.4, -0.2) is 21.3 Å². The molecule has 0 saturated carbocycles. The molecule has 0 aliphatic carbocycles. The van der Waals surface area contributed by atoms with Crippen molar-refractivity contribution in [3.8, 4) is 5.69 Å². The summed E-state index contributed by atoms with van der Waals surface area (Å²) in [5.74, 6) is 0. The summed E-state index contributed by atoms with van der Waals surface area (Å²) in [5.41, 5.74) is 3.66. The second-order valence-corrected chi connectivity index (χ2v) is 3.36. The number of hydrogen-bond donors (Lipinski definition) is 1. The summed E-state index contributed by atoms with van der Waals surface area (Å²) in [4.78, 5) is 3.92. The molecule has 0 bridgehead atoms. The lowest BCUT2D eigenvalue weighted by atomic mass is 10.1. The third-order valence-corrected chi connectivity index (χ3v) is 2.49. The van der Waals surface area contributed by atoms with E-state index in [0.29, 0.717) is 0 Å². The highest BCUT2D eigenvalue weighted by molar-refractivity contribution is 5.60. The van der Waals surface area contributed by atoms with Crippen molar-refractivity contribution in [3.63, 3.8) is 0 Å². The summed E-state index contributed by atoms with van der Waals surface area (Å²) in [5, 5.41) is 7.43. The lowest BCUT2D eigenvalue weighted by Gasteiger charge is -2.03. The zero-order chi connectivity index (χ0) is 9.38. The van der Waals surface area contributed by atoms with E-state index in [-0.39, 0.29) is 0 Å². The van der Waals surface area contributed by atoms with Crippen LogP contribution in [-0.2, 0) is 6.42 Å². The van der Waals surface area contributed by atoms with Crippen LogP contribution >= 0.6 is 0 Å². The van der Waals surface area contributed by atoms with E-state index in [2.05, 4.69) is 33.6 Å². The van der Waals surface area contributed by atoms with Crippen LogP contribution in [0.5, 0.6) is 0 Å². The van der Waals surface area contributed by atoms with Gasteiger partial charge in [0.2, 0.25) is 0 Å². The first-order valence-corrected chi connectivity index (χ1v) is 4.65. The summed E-state index contributed by atoms with van der Waals surface area (Å²) in [6.07, 6.45) is 4.37. The minimum Gasteiger partial charge on any atom is -0.384 e. The predicted molar refractivity (Wildman–Crippen MR) is 53.6 cm³/mol. The van der Waals surface area contributed by atoms with Gasteiger partial charge in [-0.3, -0.25) is 0 Å². The van der Waals surface area contributed by atoms with E-state index in [0.717, 1.165) is 18.7 Å². The zero-order valence-corrected chi connectivity index (χ0v) is 7.64. The smallest absolute Gasteiger partial charge is 0.138 e. The number of nitrogens with zero attached hydrogens (tertiary/aromatic N) is 3. The van der Waals surface area contributed by atoms with Gasteiger partial charge in [0.15, 0.2) is 0 Å². The highest BCUT2D eigenvalue weighted by atomic mass is 15.3. The Kier molecular flexibility index (Phi) is 1.53. The van der Waals surface area contributed by atoms with Gasteiger partial charge in [0.25, 0.3) is 0 Å². The molecule has 4 nitrogen and oxygen atoms in total. The maximum absolute atomic E-state index is 4.09. The number of benzene rings is 1. The van der Waals surface area contributed by atoms with Gasteiger partial charge in [-0.25, -0.2) is 9.67 Å². The maximum Gasteiger partial charge on any atom is 0.138 e. The third-order valence-electron chi connectivity index (χ3n) is 2.49. The fraction of sp³-hybridized carbons (Fsp3) is 0.200. The van der Waals surface area contributed by atoms with Crippen LogP contribution in [0.3, 0.4) is 0 Å². The van der Waals surface area contributed by atoms with Gasteiger partial charge in [0.1, 0.15) is 12.7 Å². The van der Waals surface area contributed by atoms with Gasteiger partial charge in [0.05, 0.1) is 5.69 Å². The monoisotopic (exact) mass is 186 g/mol. The molecule has 3 rings (SSSR count). The Morgan fingerprint density at radius 1 is 1.36 bits per heavy atom. The van der Waals surface area contributed by atoms with E-state index in [9.17, 15) is 0 Å². The van der Waals surface area contributed by atoms with Crippen molar-refractivity contribution in [2.45, 2.75) is 6.42 Å². The van der Waals surface area contributed by atoms with Gasteiger partial charge in [-0.05, 0) is 24.1 Å². The second-order valence-electron chi connectivity index (χ2n) is 3.36. The molecule has 1 aliphatic heterocycles. The predicted octanol–water partition coefficient (Wildman–Crippen LogP) is 1.24. The first-order valence-electron chi connectivity index (χ1n) is 4.65. The van der Waals surface area contributed by atoms with Crippen molar-refractivity contribution < 1.29 is 0 Å². The molecule has 2 aromatic rings. The molecule has 70 valence electrons. The van der Waals surface area contributed by atoms with Gasteiger partial charge >= 0.3 is 0 Å². The van der Waals surface area contributed by atoms with Crippen molar-refractivity contribution in [1.82, 2.24) is 14.8 Å². The normalized spacial score (nSPS) is 13.7. The minimum atomic E-state index is 1.04. The van der Waals surface area contributed by atoms with Crippen LogP contribution in [0.1, 0.15) is 5.56 Å². The van der Waals surface area contributed by atoms with Crippen molar-refractivity contribution in [2.24, 2.45) is 0 Å². The van der Waals surface area contributed by atoms with Crippen molar-refractivity contribution in [1.29, 1.82) is 0 Å². The summed E-state index contributed by atoms with van der Waals surface area (Å²) in [6, 6.07) is 6.32. The van der Waals surface area contributed by atoms with Gasteiger partial charge in [0, 0.05) is 12.2 Å².